The van der Waals surface area contributed by atoms with Crippen LogP contribution < -0.4 is 0 Å². The lowest BCUT2D eigenvalue weighted by Crippen LogP contribution is -2.14. The van der Waals surface area contributed by atoms with Crippen LogP contribution in [0.4, 0.5) is 0 Å². The van der Waals surface area contributed by atoms with Gasteiger partial charge in [0.15, 0.2) is 0 Å². The molecule has 0 aromatic carbocycles. The Morgan fingerprint density at radius 2 is 1.30 bits per heavy atom. The van der Waals surface area contributed by atoms with Crippen molar-refractivity contribution < 1.29 is 9.53 Å². The molecule has 0 amide bonds. The Balaban J connectivity index is 3.29. The Bertz CT molecular complexity index is 381. The van der Waals surface area contributed by atoms with Crippen molar-refractivity contribution in [1.82, 2.24) is 4.90 Å². The number of allylic oxidation sites excluding steroid dienone is 4. The predicted molar refractivity (Wildman–Crippen MR) is 122 cm³/mol. The first kappa shape index (κ1) is 26.3. The molecule has 0 fully saturated rings. The SMILES string of the molecule is CN(C)CCCCOC(=O)CCCC/C=C\CCCC/C=C\CCCCS. The van der Waals surface area contributed by atoms with Crippen LogP contribution in [0.5, 0.6) is 0 Å². The van der Waals surface area contributed by atoms with Crippen molar-refractivity contribution in [3.8, 4) is 0 Å². The van der Waals surface area contributed by atoms with E-state index in [1.54, 1.807) is 0 Å². The van der Waals surface area contributed by atoms with Gasteiger partial charge in [-0.3, -0.25) is 4.79 Å². The standard InChI is InChI=1S/C23H43NO2S/c1-24(2)20-16-17-21-26-23(25)19-15-13-11-9-7-5-3-4-6-8-10-12-14-18-22-27/h7-10,27H,3-6,11-22H2,1-2H3/b9-7-,10-8-. The van der Waals surface area contributed by atoms with Gasteiger partial charge in [0.25, 0.3) is 0 Å². The summed E-state index contributed by atoms with van der Waals surface area (Å²) in [5, 5.41) is 0. The zero-order valence-electron chi connectivity index (χ0n) is 17.8. The fraction of sp³-hybridized carbons (Fsp3) is 0.783. The van der Waals surface area contributed by atoms with Crippen LogP contribution in [-0.4, -0.2) is 43.9 Å². The van der Waals surface area contributed by atoms with Crippen molar-refractivity contribution in [2.75, 3.05) is 33.0 Å². The highest BCUT2D eigenvalue weighted by Crippen LogP contribution is 2.06. The van der Waals surface area contributed by atoms with E-state index in [1.807, 2.05) is 0 Å². The largest absolute Gasteiger partial charge is 0.466 e. The molecule has 0 aromatic rings. The number of carbonyl (C=O) groups is 1. The maximum atomic E-state index is 11.6. The number of thiol groups is 1. The molecule has 0 saturated heterocycles. The van der Waals surface area contributed by atoms with Crippen molar-refractivity contribution in [1.29, 1.82) is 0 Å². The van der Waals surface area contributed by atoms with E-state index in [-0.39, 0.29) is 5.97 Å². The molecule has 0 heterocycles. The molecule has 0 aromatic heterocycles. The van der Waals surface area contributed by atoms with Crippen LogP contribution in [0.3, 0.4) is 0 Å². The van der Waals surface area contributed by atoms with Gasteiger partial charge in [-0.25, -0.2) is 0 Å². The molecule has 27 heavy (non-hydrogen) atoms. The van der Waals surface area contributed by atoms with E-state index in [4.69, 9.17) is 4.74 Å². The summed E-state index contributed by atoms with van der Waals surface area (Å²) in [6, 6.07) is 0. The van der Waals surface area contributed by atoms with E-state index in [0.717, 1.165) is 44.4 Å². The number of nitrogens with zero attached hydrogens (tertiary/aromatic N) is 1. The van der Waals surface area contributed by atoms with Gasteiger partial charge in [0.2, 0.25) is 0 Å². The van der Waals surface area contributed by atoms with Crippen LogP contribution in [0.2, 0.25) is 0 Å². The topological polar surface area (TPSA) is 29.5 Å². The lowest BCUT2D eigenvalue weighted by atomic mass is 10.1. The van der Waals surface area contributed by atoms with Crippen LogP contribution in [-0.2, 0) is 9.53 Å². The molecular weight excluding hydrogens is 354 g/mol. The summed E-state index contributed by atoms with van der Waals surface area (Å²) >= 11 is 4.22. The highest BCUT2D eigenvalue weighted by Gasteiger charge is 2.01. The molecule has 0 aliphatic rings. The molecule has 0 rings (SSSR count). The highest BCUT2D eigenvalue weighted by atomic mass is 32.1. The van der Waals surface area contributed by atoms with Crippen LogP contribution in [0.1, 0.15) is 83.5 Å². The number of unbranched alkanes of at least 4 members (excludes halogenated alkanes) is 8. The van der Waals surface area contributed by atoms with Crippen molar-refractivity contribution in [3.05, 3.63) is 24.3 Å². The first-order valence-corrected chi connectivity index (χ1v) is 11.5. The Morgan fingerprint density at radius 1 is 0.778 bits per heavy atom. The molecule has 0 radical (unpaired) electrons. The summed E-state index contributed by atoms with van der Waals surface area (Å²) in [5.41, 5.74) is 0. The van der Waals surface area contributed by atoms with Crippen LogP contribution in [0, 0.1) is 0 Å². The molecule has 158 valence electrons. The minimum Gasteiger partial charge on any atom is -0.466 e. The Morgan fingerprint density at radius 3 is 1.81 bits per heavy atom. The molecule has 3 nitrogen and oxygen atoms in total. The zero-order valence-corrected chi connectivity index (χ0v) is 18.7. The van der Waals surface area contributed by atoms with E-state index in [1.165, 1.54) is 44.9 Å². The summed E-state index contributed by atoms with van der Waals surface area (Å²) in [6.45, 7) is 1.62. The smallest absolute Gasteiger partial charge is 0.305 e. The third-order valence-corrected chi connectivity index (χ3v) is 4.68. The van der Waals surface area contributed by atoms with Gasteiger partial charge >= 0.3 is 5.97 Å². The third-order valence-electron chi connectivity index (χ3n) is 4.37. The summed E-state index contributed by atoms with van der Waals surface area (Å²) in [5.74, 6) is 0.962. The number of carbonyl (C=O) groups excluding carboxylic acids is 1. The summed E-state index contributed by atoms with van der Waals surface area (Å²) in [6.07, 6.45) is 23.4. The molecule has 4 heteroatoms. The quantitative estimate of drug-likeness (QED) is 0.122. The van der Waals surface area contributed by atoms with Crippen LogP contribution in [0.25, 0.3) is 0 Å². The average Bonchev–Trinajstić information content (AvgIpc) is 2.64. The second kappa shape index (κ2) is 21.6. The third kappa shape index (κ3) is 23.2. The van der Waals surface area contributed by atoms with E-state index >= 15 is 0 Å². The van der Waals surface area contributed by atoms with E-state index in [2.05, 4.69) is 55.9 Å². The minimum atomic E-state index is -0.0393. The maximum Gasteiger partial charge on any atom is 0.305 e. The molecule has 0 N–H and O–H groups in total. The fourth-order valence-electron chi connectivity index (χ4n) is 2.69. The molecule has 0 unspecified atom stereocenters. The Kier molecular flexibility index (Phi) is 21.0. The number of hydrogen-bond acceptors (Lipinski definition) is 4. The normalized spacial score (nSPS) is 11.9. The Hall–Kier alpha value is -0.740. The molecule has 0 bridgehead atoms. The van der Waals surface area contributed by atoms with Gasteiger partial charge in [0.1, 0.15) is 0 Å². The fourth-order valence-corrected chi connectivity index (χ4v) is 2.91. The Labute approximate surface area is 174 Å². The predicted octanol–water partition coefficient (Wildman–Crippen LogP) is 6.20. The van der Waals surface area contributed by atoms with Gasteiger partial charge in [-0.1, -0.05) is 24.3 Å². The number of esters is 1. The van der Waals surface area contributed by atoms with E-state index < -0.39 is 0 Å². The van der Waals surface area contributed by atoms with Gasteiger partial charge in [-0.05, 0) is 103 Å². The van der Waals surface area contributed by atoms with E-state index in [0.29, 0.717) is 13.0 Å². The van der Waals surface area contributed by atoms with Crippen molar-refractivity contribution in [3.63, 3.8) is 0 Å². The molecule has 0 saturated carbocycles. The molecule has 0 aliphatic carbocycles. The van der Waals surface area contributed by atoms with Crippen molar-refractivity contribution >= 4 is 18.6 Å². The van der Waals surface area contributed by atoms with Gasteiger partial charge in [-0.15, -0.1) is 0 Å². The second-order valence-electron chi connectivity index (χ2n) is 7.42. The first-order valence-electron chi connectivity index (χ1n) is 10.9. The summed E-state index contributed by atoms with van der Waals surface area (Å²) < 4.78 is 5.26. The van der Waals surface area contributed by atoms with Gasteiger partial charge in [-0.2, -0.15) is 12.6 Å². The monoisotopic (exact) mass is 397 g/mol. The number of ether oxygens (including phenoxy) is 1. The van der Waals surface area contributed by atoms with Crippen LogP contribution in [0.15, 0.2) is 24.3 Å². The van der Waals surface area contributed by atoms with Gasteiger partial charge in [0.05, 0.1) is 6.61 Å². The maximum absolute atomic E-state index is 11.6. The molecular formula is C23H43NO2S. The zero-order chi connectivity index (χ0) is 20.0. The van der Waals surface area contributed by atoms with Crippen molar-refractivity contribution in [2.45, 2.75) is 83.5 Å². The lowest BCUT2D eigenvalue weighted by molar-refractivity contribution is -0.143. The minimum absolute atomic E-state index is 0.0393. The first-order chi connectivity index (χ1) is 13.2. The number of hydrogen-bond donors (Lipinski definition) is 1. The van der Waals surface area contributed by atoms with Crippen molar-refractivity contribution in [2.24, 2.45) is 0 Å². The summed E-state index contributed by atoms with van der Waals surface area (Å²) in [7, 11) is 4.12. The van der Waals surface area contributed by atoms with E-state index in [9.17, 15) is 4.79 Å². The second-order valence-corrected chi connectivity index (χ2v) is 7.87. The molecule has 0 atom stereocenters. The summed E-state index contributed by atoms with van der Waals surface area (Å²) in [4.78, 5) is 13.8. The number of rotatable bonds is 19. The molecule has 0 aliphatic heterocycles. The molecule has 0 spiro atoms. The highest BCUT2D eigenvalue weighted by molar-refractivity contribution is 7.80. The van der Waals surface area contributed by atoms with Gasteiger partial charge < -0.3 is 9.64 Å². The van der Waals surface area contributed by atoms with Gasteiger partial charge in [0, 0.05) is 6.42 Å². The lowest BCUT2D eigenvalue weighted by Gasteiger charge is -2.09. The average molecular weight is 398 g/mol. The van der Waals surface area contributed by atoms with Crippen LogP contribution >= 0.6 is 12.6 Å².